The lowest BCUT2D eigenvalue weighted by molar-refractivity contribution is -0.671. The molecule has 0 fully saturated rings. The van der Waals surface area contributed by atoms with Gasteiger partial charge in [0.2, 0.25) is 0 Å². The summed E-state index contributed by atoms with van der Waals surface area (Å²) in [4.78, 5) is 0. The lowest BCUT2D eigenvalue weighted by Gasteiger charge is -2.03. The molecule has 0 aliphatic rings. The number of rotatable bonds is 5. The fourth-order valence-electron chi connectivity index (χ4n) is 2.23. The third-order valence-corrected chi connectivity index (χ3v) is 3.61. The van der Waals surface area contributed by atoms with E-state index in [1.807, 2.05) is 54.3 Å². The lowest BCUT2D eigenvalue weighted by atomic mass is 10.2. The highest BCUT2D eigenvalue weighted by atomic mass is 79.9. The van der Waals surface area contributed by atoms with E-state index in [0.29, 0.717) is 23.7 Å². The van der Waals surface area contributed by atoms with E-state index in [9.17, 15) is 0 Å². The van der Waals surface area contributed by atoms with Crippen molar-refractivity contribution in [1.82, 2.24) is 9.78 Å². The Kier molecular flexibility index (Phi) is 6.37. The van der Waals surface area contributed by atoms with Gasteiger partial charge in [0.25, 0.3) is 0 Å². The Balaban J connectivity index is 0.00000225. The number of hydrogen-bond donors (Lipinski definition) is 2. The molecule has 2 heterocycles. The number of azo groups is 1. The van der Waals surface area contributed by atoms with Crippen molar-refractivity contribution >= 4 is 17.2 Å². The molecule has 3 N–H and O–H groups in total. The number of nitrogens with two attached hydrogens (primary N) is 1. The van der Waals surface area contributed by atoms with Crippen molar-refractivity contribution in [2.45, 2.75) is 13.2 Å². The van der Waals surface area contributed by atoms with Gasteiger partial charge in [-0.05, 0) is 23.3 Å². The summed E-state index contributed by atoms with van der Waals surface area (Å²) in [7, 11) is 1.97. The highest BCUT2D eigenvalue weighted by molar-refractivity contribution is 5.56. The third kappa shape index (κ3) is 4.71. The van der Waals surface area contributed by atoms with E-state index in [1.54, 1.807) is 16.9 Å². The summed E-state index contributed by atoms with van der Waals surface area (Å²) in [6.45, 7) is 0.542. The highest BCUT2D eigenvalue weighted by Gasteiger charge is 2.08. The Morgan fingerprint density at radius 2 is 1.92 bits per heavy atom. The molecular formula is C17H19BrN6O. The van der Waals surface area contributed by atoms with Crippen molar-refractivity contribution in [3.63, 3.8) is 0 Å². The predicted octanol–water partition coefficient (Wildman–Crippen LogP) is -0.750. The van der Waals surface area contributed by atoms with Gasteiger partial charge in [-0.3, -0.25) is 0 Å². The SMILES string of the molecule is C[n+]1ccc(Cn2ncc(/N=N/c3cccc(CO)c3)c2N)cc1.[Br-]. The van der Waals surface area contributed by atoms with Crippen LogP contribution in [-0.4, -0.2) is 14.9 Å². The zero-order chi connectivity index (χ0) is 16.9. The number of anilines is 1. The van der Waals surface area contributed by atoms with Crippen LogP contribution in [0, 0.1) is 0 Å². The zero-order valence-corrected chi connectivity index (χ0v) is 15.3. The number of benzene rings is 1. The van der Waals surface area contributed by atoms with Crippen molar-refractivity contribution in [2.24, 2.45) is 17.3 Å². The van der Waals surface area contributed by atoms with Gasteiger partial charge in [-0.25, -0.2) is 9.25 Å². The fraction of sp³-hybridized carbons (Fsp3) is 0.176. The predicted molar refractivity (Wildman–Crippen MR) is 89.9 cm³/mol. The van der Waals surface area contributed by atoms with Crippen molar-refractivity contribution in [1.29, 1.82) is 0 Å². The number of aliphatic hydroxyl groups is 1. The normalized spacial score (nSPS) is 10.8. The standard InChI is InChI=1S/C17H19N6O.BrH/c1-22-7-5-13(6-8-22)11-23-17(18)16(10-19-23)21-20-15-4-2-3-14(9-15)12-24;/h2-10,24H,11-12,18H2,1H3;1H/q+1;/p-1/b21-20+;. The smallest absolute Gasteiger partial charge is 0.168 e. The molecule has 0 aliphatic carbocycles. The molecule has 1 aromatic carbocycles. The van der Waals surface area contributed by atoms with Crippen LogP contribution in [0.4, 0.5) is 17.2 Å². The summed E-state index contributed by atoms with van der Waals surface area (Å²) in [5, 5.41) is 21.7. The Labute approximate surface area is 156 Å². The number of halogens is 1. The van der Waals surface area contributed by atoms with Gasteiger partial charge in [-0.2, -0.15) is 10.2 Å². The molecule has 0 amide bonds. The molecule has 0 atom stereocenters. The van der Waals surface area contributed by atoms with Gasteiger partial charge in [0.05, 0.1) is 25.0 Å². The average molecular weight is 403 g/mol. The maximum absolute atomic E-state index is 9.14. The molecule has 25 heavy (non-hydrogen) atoms. The quantitative estimate of drug-likeness (QED) is 0.434. The summed E-state index contributed by atoms with van der Waals surface area (Å²) in [5.41, 5.74) is 9.16. The monoisotopic (exact) mass is 402 g/mol. The summed E-state index contributed by atoms with van der Waals surface area (Å²) in [5.74, 6) is 0.463. The molecule has 0 bridgehead atoms. The molecule has 7 nitrogen and oxygen atoms in total. The van der Waals surface area contributed by atoms with Gasteiger partial charge < -0.3 is 27.8 Å². The topological polar surface area (TPSA) is 92.7 Å². The summed E-state index contributed by atoms with van der Waals surface area (Å²) < 4.78 is 3.66. The molecule has 0 unspecified atom stereocenters. The minimum absolute atomic E-state index is 0. The number of nitrogens with zero attached hydrogens (tertiary/aromatic N) is 5. The van der Waals surface area contributed by atoms with Crippen LogP contribution >= 0.6 is 0 Å². The van der Waals surface area contributed by atoms with Crippen LogP contribution in [0.25, 0.3) is 0 Å². The van der Waals surface area contributed by atoms with Crippen molar-refractivity contribution < 1.29 is 26.7 Å². The first-order valence-corrected chi connectivity index (χ1v) is 7.52. The Morgan fingerprint density at radius 1 is 1.16 bits per heavy atom. The van der Waals surface area contributed by atoms with E-state index in [1.165, 1.54) is 0 Å². The van der Waals surface area contributed by atoms with Crippen LogP contribution < -0.4 is 27.3 Å². The third-order valence-electron chi connectivity index (χ3n) is 3.61. The van der Waals surface area contributed by atoms with Crippen molar-refractivity contribution in [3.05, 3.63) is 66.1 Å². The second-order valence-electron chi connectivity index (χ2n) is 5.47. The van der Waals surface area contributed by atoms with E-state index in [-0.39, 0.29) is 23.6 Å². The lowest BCUT2D eigenvalue weighted by Crippen LogP contribution is -3.00. The Bertz CT molecular complexity index is 860. The minimum atomic E-state index is -0.0295. The van der Waals surface area contributed by atoms with Crippen LogP contribution in [0.3, 0.4) is 0 Å². The van der Waals surface area contributed by atoms with Gasteiger partial charge in [-0.15, -0.1) is 5.11 Å². The van der Waals surface area contributed by atoms with Crippen LogP contribution in [-0.2, 0) is 20.2 Å². The van der Waals surface area contributed by atoms with Gasteiger partial charge in [0.15, 0.2) is 12.4 Å². The van der Waals surface area contributed by atoms with E-state index in [2.05, 4.69) is 15.3 Å². The summed E-state index contributed by atoms with van der Waals surface area (Å²) >= 11 is 0. The molecule has 0 saturated heterocycles. The zero-order valence-electron chi connectivity index (χ0n) is 13.7. The van der Waals surface area contributed by atoms with Crippen LogP contribution in [0.2, 0.25) is 0 Å². The first-order chi connectivity index (χ1) is 11.7. The van der Waals surface area contributed by atoms with Crippen molar-refractivity contribution in [2.75, 3.05) is 5.73 Å². The van der Waals surface area contributed by atoms with Crippen molar-refractivity contribution in [3.8, 4) is 0 Å². The molecular weight excluding hydrogens is 384 g/mol. The van der Waals surface area contributed by atoms with Gasteiger partial charge in [0, 0.05) is 12.1 Å². The number of hydrogen-bond acceptors (Lipinski definition) is 5. The molecule has 3 aromatic rings. The number of aliphatic hydroxyl groups excluding tert-OH is 1. The first kappa shape index (κ1) is 18.8. The minimum Gasteiger partial charge on any atom is -1.00 e. The first-order valence-electron chi connectivity index (χ1n) is 7.52. The van der Waals surface area contributed by atoms with Crippen LogP contribution in [0.1, 0.15) is 11.1 Å². The maximum atomic E-state index is 9.14. The molecule has 0 radical (unpaired) electrons. The largest absolute Gasteiger partial charge is 1.00 e. The van der Waals surface area contributed by atoms with E-state index < -0.39 is 0 Å². The molecule has 130 valence electrons. The molecule has 3 rings (SSSR count). The molecule has 0 saturated carbocycles. The number of aromatic nitrogens is 3. The number of aryl methyl sites for hydroxylation is 1. The second kappa shape index (κ2) is 8.50. The van der Waals surface area contributed by atoms with E-state index in [4.69, 9.17) is 10.8 Å². The summed E-state index contributed by atoms with van der Waals surface area (Å²) in [6.07, 6.45) is 5.55. The van der Waals surface area contributed by atoms with Gasteiger partial charge in [0.1, 0.15) is 18.6 Å². The highest BCUT2D eigenvalue weighted by Crippen LogP contribution is 2.25. The second-order valence-corrected chi connectivity index (χ2v) is 5.47. The number of nitrogen functional groups attached to an aromatic ring is 1. The number of pyridine rings is 1. The Morgan fingerprint density at radius 3 is 2.64 bits per heavy atom. The van der Waals surface area contributed by atoms with E-state index in [0.717, 1.165) is 11.1 Å². The molecule has 8 heteroatoms. The average Bonchev–Trinajstić information content (AvgIpc) is 2.95. The maximum Gasteiger partial charge on any atom is 0.168 e. The van der Waals surface area contributed by atoms with Gasteiger partial charge >= 0.3 is 0 Å². The van der Waals surface area contributed by atoms with Crippen LogP contribution in [0.5, 0.6) is 0 Å². The van der Waals surface area contributed by atoms with Crippen LogP contribution in [0.15, 0.2) is 65.2 Å². The van der Waals surface area contributed by atoms with Gasteiger partial charge in [-0.1, -0.05) is 12.1 Å². The molecule has 0 aliphatic heterocycles. The summed E-state index contributed by atoms with van der Waals surface area (Å²) in [6, 6.07) is 11.3. The fourth-order valence-corrected chi connectivity index (χ4v) is 2.23. The molecule has 0 spiro atoms. The van der Waals surface area contributed by atoms with E-state index >= 15 is 0 Å². The Hall–Kier alpha value is -2.58. The molecule has 2 aromatic heterocycles.